The van der Waals surface area contributed by atoms with Gasteiger partial charge in [-0.3, -0.25) is 0 Å². The van der Waals surface area contributed by atoms with E-state index in [4.69, 9.17) is 0 Å². The number of allylic oxidation sites excluding steroid dienone is 1. The van der Waals surface area contributed by atoms with Crippen LogP contribution in [0, 0.1) is 0 Å². The quantitative estimate of drug-likeness (QED) is 0.554. The zero-order chi connectivity index (χ0) is 6.69. The van der Waals surface area contributed by atoms with E-state index in [1.165, 1.54) is 5.56 Å². The summed E-state index contributed by atoms with van der Waals surface area (Å²) in [4.78, 5) is 0. The van der Waals surface area contributed by atoms with Crippen molar-refractivity contribution in [2.75, 3.05) is 0 Å². The summed E-state index contributed by atoms with van der Waals surface area (Å²) in [6, 6.07) is 10.2. The summed E-state index contributed by atoms with van der Waals surface area (Å²) in [6.07, 6.45) is 0. The number of hydrogen-bond acceptors (Lipinski definition) is 0. The molecule has 0 unspecified atom stereocenters. The van der Waals surface area contributed by atoms with Gasteiger partial charge in [-0.2, -0.15) is 0 Å². The van der Waals surface area contributed by atoms with Crippen molar-refractivity contribution < 1.29 is 2.85 Å². The van der Waals surface area contributed by atoms with Gasteiger partial charge >= 0.3 is 37.7 Å². The first kappa shape index (κ1) is 10.2. The molecule has 0 spiro atoms. The van der Waals surface area contributed by atoms with E-state index in [0.717, 1.165) is 5.57 Å². The third kappa shape index (κ3) is 2.87. The van der Waals surface area contributed by atoms with Gasteiger partial charge in [0, 0.05) is 0 Å². The van der Waals surface area contributed by atoms with E-state index < -0.39 is 0 Å². The van der Waals surface area contributed by atoms with E-state index in [0.29, 0.717) is 0 Å². The van der Waals surface area contributed by atoms with Crippen LogP contribution in [0.3, 0.4) is 0 Å². The van der Waals surface area contributed by atoms with Gasteiger partial charge in [-0.15, -0.1) is 0 Å². The Kier molecular flexibility index (Phi) is 5.06. The van der Waals surface area contributed by atoms with E-state index in [2.05, 4.69) is 18.7 Å². The molecule has 0 saturated heterocycles. The molecule has 1 heteroatoms. The van der Waals surface area contributed by atoms with Crippen molar-refractivity contribution in [2.24, 2.45) is 0 Å². The zero-order valence-electron chi connectivity index (χ0n) is 8.30. The minimum absolute atomic E-state index is 0. The molecule has 0 radical (unpaired) electrons. The van der Waals surface area contributed by atoms with Crippen LogP contribution < -0.4 is 0 Å². The van der Waals surface area contributed by atoms with Crippen LogP contribution in [-0.4, -0.2) is 37.7 Å². The SMILES string of the molecule is C=C(C)c1ccccc1.[Ca+2].[H-].[H-]. The average Bonchev–Trinajstić information content (AvgIpc) is 1.90. The maximum atomic E-state index is 3.83. The first-order valence-electron chi connectivity index (χ1n) is 3.01. The van der Waals surface area contributed by atoms with Crippen molar-refractivity contribution in [3.63, 3.8) is 0 Å². The van der Waals surface area contributed by atoms with Gasteiger partial charge in [-0.25, -0.2) is 0 Å². The Hall–Kier alpha value is 0.220. The van der Waals surface area contributed by atoms with Crippen LogP contribution in [0.4, 0.5) is 0 Å². The molecule has 0 aromatic heterocycles. The molecule has 1 aromatic rings. The Morgan fingerprint density at radius 3 is 2.10 bits per heavy atom. The molecule has 10 heavy (non-hydrogen) atoms. The van der Waals surface area contributed by atoms with E-state index in [9.17, 15) is 0 Å². The zero-order valence-corrected chi connectivity index (χ0v) is 8.51. The Morgan fingerprint density at radius 1 is 1.30 bits per heavy atom. The third-order valence-electron chi connectivity index (χ3n) is 1.27. The smallest absolute Gasteiger partial charge is 1.00 e. The van der Waals surface area contributed by atoms with Crippen LogP contribution in [0.2, 0.25) is 0 Å². The topological polar surface area (TPSA) is 0 Å². The van der Waals surface area contributed by atoms with Crippen molar-refractivity contribution in [3.05, 3.63) is 42.5 Å². The summed E-state index contributed by atoms with van der Waals surface area (Å²) < 4.78 is 0. The maximum absolute atomic E-state index is 3.83. The largest absolute Gasteiger partial charge is 2.00 e. The molecule has 0 heterocycles. The fourth-order valence-corrected chi connectivity index (χ4v) is 0.723. The first-order valence-corrected chi connectivity index (χ1v) is 3.01. The number of benzene rings is 1. The normalized spacial score (nSPS) is 8.10. The van der Waals surface area contributed by atoms with Crippen LogP contribution in [0.5, 0.6) is 0 Å². The van der Waals surface area contributed by atoms with Gasteiger partial charge in [0.05, 0.1) is 0 Å². The van der Waals surface area contributed by atoms with E-state index in [-0.39, 0.29) is 40.6 Å². The Labute approximate surface area is 94.9 Å². The van der Waals surface area contributed by atoms with E-state index in [1.807, 2.05) is 25.1 Å². The average molecular weight is 160 g/mol. The molecule has 0 amide bonds. The predicted octanol–water partition coefficient (Wildman–Crippen LogP) is 2.56. The summed E-state index contributed by atoms with van der Waals surface area (Å²) in [5, 5.41) is 0. The van der Waals surface area contributed by atoms with Crippen LogP contribution in [0.15, 0.2) is 36.9 Å². The van der Waals surface area contributed by atoms with Crippen LogP contribution in [0.1, 0.15) is 15.3 Å². The van der Waals surface area contributed by atoms with Crippen molar-refractivity contribution in [2.45, 2.75) is 6.92 Å². The summed E-state index contributed by atoms with van der Waals surface area (Å²) >= 11 is 0. The molecule has 0 N–H and O–H groups in total. The van der Waals surface area contributed by atoms with Gasteiger partial charge in [0.15, 0.2) is 0 Å². The van der Waals surface area contributed by atoms with Crippen molar-refractivity contribution in [1.29, 1.82) is 0 Å². The molecule has 0 fully saturated rings. The molecular formula is C9H12Ca. The second-order valence-corrected chi connectivity index (χ2v) is 2.15. The molecule has 1 aromatic carbocycles. The van der Waals surface area contributed by atoms with Crippen LogP contribution >= 0.6 is 0 Å². The van der Waals surface area contributed by atoms with Gasteiger partial charge in [0.2, 0.25) is 0 Å². The summed E-state index contributed by atoms with van der Waals surface area (Å²) in [5.41, 5.74) is 2.34. The molecule has 0 aliphatic rings. The van der Waals surface area contributed by atoms with Crippen LogP contribution in [0.25, 0.3) is 5.57 Å². The van der Waals surface area contributed by atoms with Gasteiger partial charge in [-0.05, 0) is 12.5 Å². The first-order chi connectivity index (χ1) is 4.30. The summed E-state index contributed by atoms with van der Waals surface area (Å²) in [7, 11) is 0. The van der Waals surface area contributed by atoms with E-state index >= 15 is 0 Å². The van der Waals surface area contributed by atoms with Gasteiger partial charge in [0.1, 0.15) is 0 Å². The molecule has 1 rings (SSSR count). The molecule has 0 bridgehead atoms. The summed E-state index contributed by atoms with van der Waals surface area (Å²) in [5.74, 6) is 0. The predicted molar refractivity (Wildman–Crippen MR) is 49.1 cm³/mol. The molecule has 0 aliphatic heterocycles. The van der Waals surface area contributed by atoms with Gasteiger partial charge in [-0.1, -0.05) is 42.5 Å². The van der Waals surface area contributed by atoms with Crippen molar-refractivity contribution in [3.8, 4) is 0 Å². The van der Waals surface area contributed by atoms with Crippen molar-refractivity contribution in [1.82, 2.24) is 0 Å². The number of rotatable bonds is 1. The van der Waals surface area contributed by atoms with Crippen molar-refractivity contribution >= 4 is 43.3 Å². The number of hydrogen-bond donors (Lipinski definition) is 0. The maximum Gasteiger partial charge on any atom is 2.00 e. The minimum Gasteiger partial charge on any atom is -1.00 e. The molecular weight excluding hydrogens is 148 g/mol. The van der Waals surface area contributed by atoms with Gasteiger partial charge in [0.25, 0.3) is 0 Å². The molecule has 0 saturated carbocycles. The van der Waals surface area contributed by atoms with Gasteiger partial charge < -0.3 is 2.85 Å². The second-order valence-electron chi connectivity index (χ2n) is 2.15. The molecule has 0 aliphatic carbocycles. The third-order valence-corrected chi connectivity index (χ3v) is 1.27. The Morgan fingerprint density at radius 2 is 1.80 bits per heavy atom. The van der Waals surface area contributed by atoms with E-state index in [1.54, 1.807) is 0 Å². The molecule has 50 valence electrons. The minimum atomic E-state index is 0. The standard InChI is InChI=1S/C9H10.Ca.2H/c1-8(2)9-6-4-3-5-7-9;;;/h3-7H,1H2,2H3;;;/q;+2;2*-1. The molecule has 0 atom stereocenters. The Balaban J connectivity index is -0.000000270. The summed E-state index contributed by atoms with van der Waals surface area (Å²) in [6.45, 7) is 5.83. The van der Waals surface area contributed by atoms with Crippen LogP contribution in [-0.2, 0) is 0 Å². The fraction of sp³-hybridized carbons (Fsp3) is 0.111. The second kappa shape index (κ2) is 4.95. The fourth-order valence-electron chi connectivity index (χ4n) is 0.723. The molecule has 0 nitrogen and oxygen atoms in total. The monoisotopic (exact) mass is 160 g/mol. The Bertz CT molecular complexity index is 209.